The van der Waals surface area contributed by atoms with Crippen LogP contribution in [0.2, 0.25) is 5.15 Å². The van der Waals surface area contributed by atoms with E-state index in [0.29, 0.717) is 16.5 Å². The molecule has 18 heavy (non-hydrogen) atoms. The molecule has 0 N–H and O–H groups in total. The highest BCUT2D eigenvalue weighted by atomic mass is 35.5. The lowest BCUT2D eigenvalue weighted by atomic mass is 10.4. The second-order valence-corrected chi connectivity index (χ2v) is 4.30. The van der Waals surface area contributed by atoms with Gasteiger partial charge in [0, 0.05) is 18.3 Å². The second kappa shape index (κ2) is 3.96. The van der Waals surface area contributed by atoms with Crippen LogP contribution in [0.5, 0.6) is 0 Å². The Balaban J connectivity index is 2.42. The van der Waals surface area contributed by atoms with Gasteiger partial charge in [-0.3, -0.25) is 9.36 Å². The third-order valence-corrected chi connectivity index (χ3v) is 2.76. The van der Waals surface area contributed by atoms with Crippen LogP contribution in [0.3, 0.4) is 0 Å². The number of pyridine rings is 1. The Morgan fingerprint density at radius 2 is 2.17 bits per heavy atom. The maximum Gasteiger partial charge on any atom is 0.255 e. The largest absolute Gasteiger partial charge is 0.280 e. The Hall–Kier alpha value is -2.14. The van der Waals surface area contributed by atoms with Crippen molar-refractivity contribution in [3.05, 3.63) is 57.9 Å². The van der Waals surface area contributed by atoms with Gasteiger partial charge in [0.2, 0.25) is 0 Å². The van der Waals surface area contributed by atoms with Crippen LogP contribution in [0.25, 0.3) is 11.3 Å². The highest BCUT2D eigenvalue weighted by Gasteiger charge is 2.10. The fourth-order valence-corrected chi connectivity index (χ4v) is 2.03. The summed E-state index contributed by atoms with van der Waals surface area (Å²) in [6, 6.07) is 6.59. The van der Waals surface area contributed by atoms with Crippen LogP contribution in [0.1, 0.15) is 5.69 Å². The van der Waals surface area contributed by atoms with Crippen molar-refractivity contribution in [2.45, 2.75) is 6.92 Å². The van der Waals surface area contributed by atoms with Crippen LogP contribution in [0.15, 0.2) is 41.5 Å². The molecule has 3 rings (SSSR count). The molecule has 0 saturated heterocycles. The lowest BCUT2D eigenvalue weighted by molar-refractivity contribution is 0.901. The zero-order chi connectivity index (χ0) is 12.7. The van der Waals surface area contributed by atoms with Crippen molar-refractivity contribution in [1.82, 2.24) is 19.2 Å². The summed E-state index contributed by atoms with van der Waals surface area (Å²) in [7, 11) is 0. The Morgan fingerprint density at radius 1 is 1.33 bits per heavy atom. The van der Waals surface area contributed by atoms with Gasteiger partial charge in [0.15, 0.2) is 10.8 Å². The maximum atomic E-state index is 11.8. The minimum absolute atomic E-state index is 0.137. The average Bonchev–Trinajstić information content (AvgIpc) is 2.69. The molecule has 0 aliphatic carbocycles. The number of aromatic nitrogens is 4. The summed E-state index contributed by atoms with van der Waals surface area (Å²) in [5, 5.41) is 4.43. The Labute approximate surface area is 107 Å². The van der Waals surface area contributed by atoms with Gasteiger partial charge >= 0.3 is 0 Å². The van der Waals surface area contributed by atoms with Gasteiger partial charge in [-0.05, 0) is 13.0 Å². The van der Waals surface area contributed by atoms with E-state index in [2.05, 4.69) is 10.1 Å². The average molecular weight is 261 g/mol. The van der Waals surface area contributed by atoms with E-state index in [1.54, 1.807) is 35.1 Å². The third kappa shape index (κ3) is 1.69. The summed E-state index contributed by atoms with van der Waals surface area (Å²) in [6.07, 6.45) is 3.44. The van der Waals surface area contributed by atoms with Gasteiger partial charge in [-0.25, -0.2) is 9.50 Å². The van der Waals surface area contributed by atoms with Crippen molar-refractivity contribution < 1.29 is 0 Å². The molecule has 0 atom stereocenters. The van der Waals surface area contributed by atoms with Crippen LogP contribution in [0, 0.1) is 6.92 Å². The first-order chi connectivity index (χ1) is 8.65. The van der Waals surface area contributed by atoms with E-state index >= 15 is 0 Å². The molecule has 0 fully saturated rings. The molecule has 0 unspecified atom stereocenters. The highest BCUT2D eigenvalue weighted by molar-refractivity contribution is 6.29. The van der Waals surface area contributed by atoms with Gasteiger partial charge < -0.3 is 0 Å². The second-order valence-electron chi connectivity index (χ2n) is 3.91. The van der Waals surface area contributed by atoms with E-state index in [1.165, 1.54) is 10.6 Å². The maximum absolute atomic E-state index is 11.8. The van der Waals surface area contributed by atoms with Gasteiger partial charge in [-0.15, -0.1) is 0 Å². The molecule has 5 nitrogen and oxygen atoms in total. The summed E-state index contributed by atoms with van der Waals surface area (Å²) in [5.41, 5.74) is 1.90. The molecular weight excluding hydrogens is 252 g/mol. The molecule has 0 aliphatic heterocycles. The fraction of sp³-hybridized carbons (Fsp3) is 0.0833. The van der Waals surface area contributed by atoms with Gasteiger partial charge in [0.25, 0.3) is 5.56 Å². The van der Waals surface area contributed by atoms with Crippen LogP contribution < -0.4 is 5.56 Å². The first kappa shape index (κ1) is 11.0. The third-order valence-electron chi connectivity index (χ3n) is 2.58. The lowest BCUT2D eigenvalue weighted by Crippen LogP contribution is -2.17. The monoisotopic (exact) mass is 260 g/mol. The van der Waals surface area contributed by atoms with Crippen molar-refractivity contribution in [3.8, 4) is 5.69 Å². The number of hydrogen-bond acceptors (Lipinski definition) is 3. The van der Waals surface area contributed by atoms with Crippen molar-refractivity contribution in [3.63, 3.8) is 0 Å². The Morgan fingerprint density at radius 3 is 2.94 bits per heavy atom. The molecule has 90 valence electrons. The number of fused-ring (bicyclic) bond motifs is 1. The standard InChI is InChI=1S/C12H9ClN4O/c1-8-7-17-12(14-8)9(6-10(13)15-17)16-5-3-2-4-11(16)18/h2-7H,1H3. The first-order valence-corrected chi connectivity index (χ1v) is 5.73. The highest BCUT2D eigenvalue weighted by Crippen LogP contribution is 2.17. The molecule has 0 bridgehead atoms. The van der Waals surface area contributed by atoms with Crippen LogP contribution in [0.4, 0.5) is 0 Å². The van der Waals surface area contributed by atoms with Crippen molar-refractivity contribution in [2.24, 2.45) is 0 Å². The fourth-order valence-electron chi connectivity index (χ4n) is 1.85. The number of hydrogen-bond donors (Lipinski definition) is 0. The summed E-state index contributed by atoms with van der Waals surface area (Å²) in [6.45, 7) is 1.86. The quantitative estimate of drug-likeness (QED) is 0.671. The molecule has 3 aromatic heterocycles. The molecule has 0 spiro atoms. The summed E-state index contributed by atoms with van der Waals surface area (Å²) < 4.78 is 3.07. The van der Waals surface area contributed by atoms with Gasteiger partial charge in [0.05, 0.1) is 17.6 Å². The molecule has 0 amide bonds. The topological polar surface area (TPSA) is 52.2 Å². The minimum Gasteiger partial charge on any atom is -0.280 e. The summed E-state index contributed by atoms with van der Waals surface area (Å²) >= 11 is 5.96. The van der Waals surface area contributed by atoms with E-state index in [9.17, 15) is 4.79 Å². The van der Waals surface area contributed by atoms with Gasteiger partial charge in [-0.1, -0.05) is 17.7 Å². The van der Waals surface area contributed by atoms with Crippen LogP contribution in [-0.2, 0) is 0 Å². The van der Waals surface area contributed by atoms with Crippen LogP contribution >= 0.6 is 11.6 Å². The van der Waals surface area contributed by atoms with Crippen molar-refractivity contribution in [1.29, 1.82) is 0 Å². The summed E-state index contributed by atoms with van der Waals surface area (Å²) in [5.74, 6) is 0. The normalized spacial score (nSPS) is 11.0. The molecule has 0 aliphatic rings. The SMILES string of the molecule is Cc1cn2nc(Cl)cc(-n3ccccc3=O)c2n1. The zero-order valence-electron chi connectivity index (χ0n) is 9.54. The molecule has 0 saturated carbocycles. The summed E-state index contributed by atoms with van der Waals surface area (Å²) in [4.78, 5) is 16.2. The number of aryl methyl sites for hydroxylation is 1. The van der Waals surface area contributed by atoms with Gasteiger partial charge in [-0.2, -0.15) is 5.10 Å². The van der Waals surface area contributed by atoms with Crippen LogP contribution in [-0.4, -0.2) is 19.2 Å². The number of rotatable bonds is 1. The minimum atomic E-state index is -0.137. The number of imidazole rings is 1. The van der Waals surface area contributed by atoms with Gasteiger partial charge in [0.1, 0.15) is 0 Å². The zero-order valence-corrected chi connectivity index (χ0v) is 10.3. The molecular formula is C12H9ClN4O. The predicted octanol–water partition coefficient (Wildman–Crippen LogP) is 1.84. The number of nitrogens with zero attached hydrogens (tertiary/aromatic N) is 4. The molecule has 3 aromatic rings. The lowest BCUT2D eigenvalue weighted by Gasteiger charge is -2.06. The smallest absolute Gasteiger partial charge is 0.255 e. The van der Waals surface area contributed by atoms with Crippen molar-refractivity contribution >= 4 is 17.2 Å². The van der Waals surface area contributed by atoms with E-state index in [0.717, 1.165) is 5.69 Å². The molecule has 6 heteroatoms. The van der Waals surface area contributed by atoms with E-state index in [1.807, 2.05) is 6.92 Å². The first-order valence-electron chi connectivity index (χ1n) is 5.36. The Bertz CT molecular complexity index is 790. The number of halogens is 1. The molecule has 3 heterocycles. The van der Waals surface area contributed by atoms with E-state index in [4.69, 9.17) is 11.6 Å². The van der Waals surface area contributed by atoms with Crippen molar-refractivity contribution in [2.75, 3.05) is 0 Å². The molecule has 0 aromatic carbocycles. The molecule has 0 radical (unpaired) electrons. The van der Waals surface area contributed by atoms with E-state index in [-0.39, 0.29) is 5.56 Å². The Kier molecular flexibility index (Phi) is 2.41. The van der Waals surface area contributed by atoms with E-state index < -0.39 is 0 Å². The predicted molar refractivity (Wildman–Crippen MR) is 68.3 cm³/mol.